The molecule has 0 bridgehead atoms. The minimum Gasteiger partial charge on any atom is -0.394 e. The molecule has 0 amide bonds. The lowest BCUT2D eigenvalue weighted by Gasteiger charge is -2.32. The molecule has 20 heavy (non-hydrogen) atoms. The second-order valence-corrected chi connectivity index (χ2v) is 4.98. The Hall–Kier alpha value is -1.08. The molecule has 6 heteroatoms. The third-order valence-electron chi connectivity index (χ3n) is 3.41. The van der Waals surface area contributed by atoms with Gasteiger partial charge in [0.05, 0.1) is 25.4 Å². The molecule has 0 aromatic heterocycles. The zero-order valence-corrected chi connectivity index (χ0v) is 11.1. The summed E-state index contributed by atoms with van der Waals surface area (Å²) in [5, 5.41) is 19.0. The van der Waals surface area contributed by atoms with Crippen LogP contribution in [0.3, 0.4) is 0 Å². The number of benzene rings is 1. The minimum atomic E-state index is -0.907. The number of halogens is 2. The summed E-state index contributed by atoms with van der Waals surface area (Å²) in [6.45, 7) is 2.41. The van der Waals surface area contributed by atoms with Crippen LogP contribution in [0.2, 0.25) is 0 Å². The first-order valence-electron chi connectivity index (χ1n) is 6.67. The van der Waals surface area contributed by atoms with Gasteiger partial charge >= 0.3 is 0 Å². The molecule has 1 aromatic rings. The number of aliphatic hydroxyl groups is 2. The van der Waals surface area contributed by atoms with Crippen LogP contribution in [0.25, 0.3) is 0 Å². The highest BCUT2D eigenvalue weighted by molar-refractivity contribution is 5.20. The van der Waals surface area contributed by atoms with Crippen molar-refractivity contribution in [1.82, 2.24) is 4.90 Å². The van der Waals surface area contributed by atoms with Crippen LogP contribution in [0.4, 0.5) is 8.78 Å². The van der Waals surface area contributed by atoms with Crippen LogP contribution in [-0.2, 0) is 4.74 Å². The van der Waals surface area contributed by atoms with Crippen molar-refractivity contribution in [3.63, 3.8) is 0 Å². The summed E-state index contributed by atoms with van der Waals surface area (Å²) in [6, 6.07) is 3.07. The summed E-state index contributed by atoms with van der Waals surface area (Å²) < 4.78 is 31.5. The van der Waals surface area contributed by atoms with Gasteiger partial charge in [-0.1, -0.05) is 0 Å². The lowest BCUT2D eigenvalue weighted by molar-refractivity contribution is -0.0551. The van der Waals surface area contributed by atoms with E-state index in [1.54, 1.807) is 0 Å². The third kappa shape index (κ3) is 4.21. The zero-order valence-electron chi connectivity index (χ0n) is 11.1. The molecule has 4 nitrogen and oxygen atoms in total. The Kier molecular flexibility index (Phi) is 5.42. The van der Waals surface area contributed by atoms with Gasteiger partial charge < -0.3 is 14.9 Å². The van der Waals surface area contributed by atoms with Gasteiger partial charge in [0.25, 0.3) is 0 Å². The lowest BCUT2D eigenvalue weighted by Crippen LogP contribution is -2.44. The fourth-order valence-corrected chi connectivity index (χ4v) is 2.33. The van der Waals surface area contributed by atoms with Crippen molar-refractivity contribution in [2.24, 2.45) is 0 Å². The minimum absolute atomic E-state index is 0.0336. The van der Waals surface area contributed by atoms with E-state index in [2.05, 4.69) is 4.90 Å². The predicted octanol–water partition coefficient (Wildman–Crippen LogP) is 1.08. The van der Waals surface area contributed by atoms with E-state index in [0.717, 1.165) is 24.7 Å². The average molecular weight is 287 g/mol. The maximum absolute atomic E-state index is 13.1. The van der Waals surface area contributed by atoms with E-state index in [1.807, 2.05) is 0 Å². The Morgan fingerprint density at radius 2 is 2.00 bits per heavy atom. The van der Waals surface area contributed by atoms with Crippen molar-refractivity contribution in [3.8, 4) is 0 Å². The van der Waals surface area contributed by atoms with Gasteiger partial charge in [0.1, 0.15) is 11.6 Å². The van der Waals surface area contributed by atoms with Gasteiger partial charge in [0.15, 0.2) is 0 Å². The monoisotopic (exact) mass is 287 g/mol. The van der Waals surface area contributed by atoms with Crippen LogP contribution in [0.5, 0.6) is 0 Å². The molecule has 1 fully saturated rings. The van der Waals surface area contributed by atoms with Crippen LogP contribution in [-0.4, -0.2) is 54.1 Å². The molecule has 1 aromatic carbocycles. The second kappa shape index (κ2) is 7.08. The van der Waals surface area contributed by atoms with E-state index >= 15 is 0 Å². The summed E-state index contributed by atoms with van der Waals surface area (Å²) in [7, 11) is 0. The van der Waals surface area contributed by atoms with Crippen LogP contribution >= 0.6 is 0 Å². The Bertz CT molecular complexity index is 424. The van der Waals surface area contributed by atoms with E-state index in [0.29, 0.717) is 26.1 Å². The first kappa shape index (κ1) is 15.3. The summed E-state index contributed by atoms with van der Waals surface area (Å²) in [5.41, 5.74) is 0.245. The Labute approximate surface area is 116 Å². The van der Waals surface area contributed by atoms with Gasteiger partial charge in [-0.2, -0.15) is 0 Å². The molecule has 0 saturated carbocycles. The number of nitrogens with zero attached hydrogens (tertiary/aromatic N) is 1. The fraction of sp³-hybridized carbons (Fsp3) is 0.571. The molecule has 1 aliphatic rings. The molecule has 2 atom stereocenters. The highest BCUT2D eigenvalue weighted by Gasteiger charge is 2.20. The van der Waals surface area contributed by atoms with E-state index in [4.69, 9.17) is 9.84 Å². The topological polar surface area (TPSA) is 52.9 Å². The molecule has 2 N–H and O–H groups in total. The number of morpholine rings is 1. The predicted molar refractivity (Wildman–Crippen MR) is 69.2 cm³/mol. The molecule has 0 spiro atoms. The summed E-state index contributed by atoms with van der Waals surface area (Å²) in [6.07, 6.45) is -0.732. The van der Waals surface area contributed by atoms with Crippen LogP contribution < -0.4 is 0 Å². The summed E-state index contributed by atoms with van der Waals surface area (Å²) in [5.74, 6) is -1.38. The maximum Gasteiger partial charge on any atom is 0.126 e. The van der Waals surface area contributed by atoms with Gasteiger partial charge in [-0.25, -0.2) is 8.78 Å². The van der Waals surface area contributed by atoms with Gasteiger partial charge in [-0.3, -0.25) is 4.90 Å². The van der Waals surface area contributed by atoms with Crippen molar-refractivity contribution < 1.29 is 23.7 Å². The molecule has 1 heterocycles. The van der Waals surface area contributed by atoms with E-state index < -0.39 is 17.7 Å². The van der Waals surface area contributed by atoms with Gasteiger partial charge in [0.2, 0.25) is 0 Å². The molecule has 2 unspecified atom stereocenters. The molecule has 0 aliphatic carbocycles. The first-order valence-corrected chi connectivity index (χ1v) is 6.67. The fourth-order valence-electron chi connectivity index (χ4n) is 2.33. The molecule has 1 saturated heterocycles. The average Bonchev–Trinajstić information content (AvgIpc) is 2.44. The van der Waals surface area contributed by atoms with Crippen LogP contribution in [0.1, 0.15) is 18.1 Å². The van der Waals surface area contributed by atoms with E-state index in [1.165, 1.54) is 0 Å². The van der Waals surface area contributed by atoms with Crippen molar-refractivity contribution in [2.45, 2.75) is 18.6 Å². The van der Waals surface area contributed by atoms with E-state index in [9.17, 15) is 13.9 Å². The summed E-state index contributed by atoms with van der Waals surface area (Å²) >= 11 is 0. The summed E-state index contributed by atoms with van der Waals surface area (Å²) in [4.78, 5) is 2.06. The Morgan fingerprint density at radius 3 is 2.65 bits per heavy atom. The second-order valence-electron chi connectivity index (χ2n) is 4.98. The van der Waals surface area contributed by atoms with Crippen molar-refractivity contribution in [3.05, 3.63) is 35.4 Å². The number of rotatable bonds is 5. The van der Waals surface area contributed by atoms with Gasteiger partial charge in [-0.05, 0) is 24.1 Å². The van der Waals surface area contributed by atoms with Crippen molar-refractivity contribution >= 4 is 0 Å². The van der Waals surface area contributed by atoms with Gasteiger partial charge in [-0.15, -0.1) is 0 Å². The first-order chi connectivity index (χ1) is 9.58. The number of hydrogen-bond acceptors (Lipinski definition) is 4. The zero-order chi connectivity index (χ0) is 14.5. The van der Waals surface area contributed by atoms with Crippen molar-refractivity contribution in [1.29, 1.82) is 0 Å². The van der Waals surface area contributed by atoms with E-state index in [-0.39, 0.29) is 18.3 Å². The largest absolute Gasteiger partial charge is 0.394 e. The molecule has 0 radical (unpaired) electrons. The highest BCUT2D eigenvalue weighted by atomic mass is 19.1. The molecule has 2 rings (SSSR count). The van der Waals surface area contributed by atoms with Crippen LogP contribution in [0.15, 0.2) is 18.2 Å². The SMILES string of the molecule is OCC1CN(CCC(O)c2cc(F)cc(F)c2)CCO1. The molecule has 1 aliphatic heterocycles. The quantitative estimate of drug-likeness (QED) is 0.851. The maximum atomic E-state index is 13.1. The van der Waals surface area contributed by atoms with Crippen LogP contribution in [0, 0.1) is 11.6 Å². The molecule has 112 valence electrons. The standard InChI is InChI=1S/C14H19F2NO3/c15-11-5-10(6-12(16)7-11)14(19)1-2-17-3-4-20-13(8-17)9-18/h5-7,13-14,18-19H,1-4,8-9H2. The smallest absolute Gasteiger partial charge is 0.126 e. The normalized spacial score (nSPS) is 21.9. The molecular weight excluding hydrogens is 268 g/mol. The Morgan fingerprint density at radius 1 is 1.30 bits per heavy atom. The third-order valence-corrected chi connectivity index (χ3v) is 3.41. The number of ether oxygens (including phenoxy) is 1. The number of hydrogen-bond donors (Lipinski definition) is 2. The molecular formula is C14H19F2NO3. The van der Waals surface area contributed by atoms with Crippen molar-refractivity contribution in [2.75, 3.05) is 32.8 Å². The number of aliphatic hydroxyl groups excluding tert-OH is 2. The highest BCUT2D eigenvalue weighted by Crippen LogP contribution is 2.20. The Balaban J connectivity index is 1.86. The van der Waals surface area contributed by atoms with Gasteiger partial charge in [0, 0.05) is 25.7 Å². The lowest BCUT2D eigenvalue weighted by atomic mass is 10.1.